The Morgan fingerprint density at radius 1 is 1.06 bits per heavy atom. The van der Waals surface area contributed by atoms with Crippen molar-refractivity contribution in [2.45, 2.75) is 39.2 Å². The van der Waals surface area contributed by atoms with Crippen molar-refractivity contribution in [2.24, 2.45) is 5.92 Å². The molecule has 1 aliphatic rings. The van der Waals surface area contributed by atoms with E-state index in [-0.39, 0.29) is 12.5 Å². The number of carbonyl (C=O) groups is 2. The largest absolute Gasteiger partial charge is 0.444 e. The summed E-state index contributed by atoms with van der Waals surface area (Å²) in [5.74, 6) is 1.37. The fourth-order valence-corrected chi connectivity index (χ4v) is 3.28. The molecule has 0 radical (unpaired) electrons. The Morgan fingerprint density at radius 2 is 1.79 bits per heavy atom. The Bertz CT molecular complexity index is 1130. The number of hydrogen-bond donors (Lipinski definition) is 3. The zero-order chi connectivity index (χ0) is 23.4. The van der Waals surface area contributed by atoms with Crippen LogP contribution in [0.4, 0.5) is 10.6 Å². The fourth-order valence-electron chi connectivity index (χ4n) is 3.28. The van der Waals surface area contributed by atoms with E-state index in [9.17, 15) is 9.59 Å². The van der Waals surface area contributed by atoms with E-state index in [4.69, 9.17) is 4.74 Å². The minimum atomic E-state index is -0.555. The summed E-state index contributed by atoms with van der Waals surface area (Å²) in [5, 5.41) is 13.5. The average Bonchev–Trinajstić information content (AvgIpc) is 3.51. The first-order valence-corrected chi connectivity index (χ1v) is 11.2. The second-order valence-corrected chi connectivity index (χ2v) is 9.22. The van der Waals surface area contributed by atoms with E-state index in [0.29, 0.717) is 12.1 Å². The first-order chi connectivity index (χ1) is 15.8. The molecule has 2 aromatic heterocycles. The van der Waals surface area contributed by atoms with E-state index in [0.717, 1.165) is 35.2 Å². The SMILES string of the molecule is CC(C)(C)OC(=O)NCCNC(=O)c1ccc(-c2cnc3ccc(NCC4CC4)nn23)cc1. The Hall–Kier alpha value is -3.62. The third-order valence-electron chi connectivity index (χ3n) is 5.15. The summed E-state index contributed by atoms with van der Waals surface area (Å²) >= 11 is 0. The molecule has 2 heterocycles. The summed E-state index contributed by atoms with van der Waals surface area (Å²) in [7, 11) is 0. The molecular formula is C24H30N6O3. The minimum Gasteiger partial charge on any atom is -0.444 e. The Balaban J connectivity index is 1.33. The molecule has 0 saturated heterocycles. The molecule has 9 heteroatoms. The maximum atomic E-state index is 12.4. The molecule has 1 saturated carbocycles. The predicted octanol–water partition coefficient (Wildman–Crippen LogP) is 3.47. The number of aromatic nitrogens is 3. The number of imidazole rings is 1. The molecular weight excluding hydrogens is 420 g/mol. The van der Waals surface area contributed by atoms with Crippen LogP contribution in [-0.4, -0.2) is 51.8 Å². The zero-order valence-electron chi connectivity index (χ0n) is 19.2. The van der Waals surface area contributed by atoms with E-state index < -0.39 is 11.7 Å². The zero-order valence-corrected chi connectivity index (χ0v) is 19.2. The minimum absolute atomic E-state index is 0.213. The maximum Gasteiger partial charge on any atom is 0.407 e. The summed E-state index contributed by atoms with van der Waals surface area (Å²) in [4.78, 5) is 28.5. The quantitative estimate of drug-likeness (QED) is 0.454. The van der Waals surface area contributed by atoms with Gasteiger partial charge in [-0.15, -0.1) is 5.10 Å². The number of rotatable bonds is 8. The average molecular weight is 451 g/mol. The van der Waals surface area contributed by atoms with Crippen LogP contribution >= 0.6 is 0 Å². The van der Waals surface area contributed by atoms with Gasteiger partial charge in [0.15, 0.2) is 5.65 Å². The van der Waals surface area contributed by atoms with Gasteiger partial charge in [-0.3, -0.25) is 4.79 Å². The van der Waals surface area contributed by atoms with Crippen LogP contribution in [0.2, 0.25) is 0 Å². The smallest absolute Gasteiger partial charge is 0.407 e. The molecule has 0 aliphatic heterocycles. The van der Waals surface area contributed by atoms with Gasteiger partial charge >= 0.3 is 6.09 Å². The monoisotopic (exact) mass is 450 g/mol. The second kappa shape index (κ2) is 9.48. The highest BCUT2D eigenvalue weighted by molar-refractivity contribution is 5.94. The Kier molecular flexibility index (Phi) is 6.48. The molecule has 0 unspecified atom stereocenters. The number of hydrogen-bond acceptors (Lipinski definition) is 6. The molecule has 3 aromatic rings. The van der Waals surface area contributed by atoms with E-state index in [2.05, 4.69) is 26.0 Å². The number of nitrogens with one attached hydrogen (secondary N) is 3. The van der Waals surface area contributed by atoms with Crippen LogP contribution in [0.1, 0.15) is 44.0 Å². The van der Waals surface area contributed by atoms with Gasteiger partial charge in [-0.1, -0.05) is 12.1 Å². The lowest BCUT2D eigenvalue weighted by Gasteiger charge is -2.19. The van der Waals surface area contributed by atoms with Crippen molar-refractivity contribution in [1.82, 2.24) is 25.2 Å². The van der Waals surface area contributed by atoms with Crippen molar-refractivity contribution in [1.29, 1.82) is 0 Å². The number of amides is 2. The lowest BCUT2D eigenvalue weighted by Crippen LogP contribution is -2.37. The number of fused-ring (bicyclic) bond motifs is 1. The molecule has 9 nitrogen and oxygen atoms in total. The normalized spacial score (nSPS) is 13.5. The van der Waals surface area contributed by atoms with Gasteiger partial charge in [-0.05, 0) is 63.8 Å². The van der Waals surface area contributed by atoms with E-state index >= 15 is 0 Å². The van der Waals surface area contributed by atoms with Gasteiger partial charge in [0.05, 0.1) is 11.9 Å². The summed E-state index contributed by atoms with van der Waals surface area (Å²) in [6.07, 6.45) is 3.84. The Morgan fingerprint density at radius 3 is 2.48 bits per heavy atom. The summed E-state index contributed by atoms with van der Waals surface area (Å²) in [6, 6.07) is 11.2. The standard InChI is InChI=1S/C24H30N6O3/c1-24(2,3)33-23(32)26-13-12-25-22(31)18-8-6-17(7-9-18)19-15-28-21-11-10-20(29-30(19)21)27-14-16-4-5-16/h6-11,15-16H,4-5,12-14H2,1-3H3,(H,25,31)(H,26,32)(H,27,29). The third kappa shape index (κ3) is 6.21. The number of benzene rings is 1. The third-order valence-corrected chi connectivity index (χ3v) is 5.15. The number of ether oxygens (including phenoxy) is 1. The lowest BCUT2D eigenvalue weighted by molar-refractivity contribution is 0.0526. The summed E-state index contributed by atoms with van der Waals surface area (Å²) in [5.41, 5.74) is 2.51. The van der Waals surface area contributed by atoms with Crippen molar-refractivity contribution in [2.75, 3.05) is 25.0 Å². The van der Waals surface area contributed by atoms with Gasteiger partial charge in [0.1, 0.15) is 11.4 Å². The van der Waals surface area contributed by atoms with Crippen LogP contribution in [0.3, 0.4) is 0 Å². The Labute approximate surface area is 192 Å². The molecule has 33 heavy (non-hydrogen) atoms. The van der Waals surface area contributed by atoms with Crippen LogP contribution in [0.15, 0.2) is 42.6 Å². The fraction of sp³-hybridized carbons (Fsp3) is 0.417. The molecule has 1 fully saturated rings. The summed E-state index contributed by atoms with van der Waals surface area (Å²) < 4.78 is 6.98. The van der Waals surface area contributed by atoms with Crippen molar-refractivity contribution in [3.8, 4) is 11.3 Å². The van der Waals surface area contributed by atoms with Crippen LogP contribution in [0, 0.1) is 5.92 Å². The number of alkyl carbamates (subject to hydrolysis) is 1. The maximum absolute atomic E-state index is 12.4. The predicted molar refractivity (Wildman–Crippen MR) is 126 cm³/mol. The summed E-state index contributed by atoms with van der Waals surface area (Å²) in [6.45, 7) is 6.92. The molecule has 2 amide bonds. The molecule has 0 spiro atoms. The topological polar surface area (TPSA) is 110 Å². The van der Waals surface area contributed by atoms with Crippen LogP contribution < -0.4 is 16.0 Å². The molecule has 174 valence electrons. The molecule has 0 atom stereocenters. The van der Waals surface area contributed by atoms with Crippen LogP contribution in [0.25, 0.3) is 16.9 Å². The number of nitrogens with zero attached hydrogens (tertiary/aromatic N) is 3. The van der Waals surface area contributed by atoms with Gasteiger partial charge < -0.3 is 20.7 Å². The van der Waals surface area contributed by atoms with Crippen molar-refractivity contribution in [3.63, 3.8) is 0 Å². The molecule has 4 rings (SSSR count). The first kappa shape index (κ1) is 22.6. The van der Waals surface area contributed by atoms with Gasteiger partial charge in [-0.25, -0.2) is 14.3 Å². The van der Waals surface area contributed by atoms with Crippen molar-refractivity contribution >= 4 is 23.5 Å². The molecule has 1 aromatic carbocycles. The van der Waals surface area contributed by atoms with Crippen LogP contribution in [0.5, 0.6) is 0 Å². The highest BCUT2D eigenvalue weighted by Gasteiger charge is 2.21. The molecule has 1 aliphatic carbocycles. The van der Waals surface area contributed by atoms with Gasteiger partial charge in [0, 0.05) is 30.8 Å². The second-order valence-electron chi connectivity index (χ2n) is 9.22. The van der Waals surface area contributed by atoms with E-state index in [1.165, 1.54) is 12.8 Å². The van der Waals surface area contributed by atoms with E-state index in [1.54, 1.807) is 39.1 Å². The highest BCUT2D eigenvalue weighted by Crippen LogP contribution is 2.29. The van der Waals surface area contributed by atoms with Crippen molar-refractivity contribution in [3.05, 3.63) is 48.2 Å². The van der Waals surface area contributed by atoms with Gasteiger partial charge in [0.25, 0.3) is 5.91 Å². The number of anilines is 1. The highest BCUT2D eigenvalue weighted by atomic mass is 16.6. The van der Waals surface area contributed by atoms with Crippen molar-refractivity contribution < 1.29 is 14.3 Å². The van der Waals surface area contributed by atoms with Gasteiger partial charge in [0.2, 0.25) is 0 Å². The van der Waals surface area contributed by atoms with Gasteiger partial charge in [-0.2, -0.15) is 0 Å². The first-order valence-electron chi connectivity index (χ1n) is 11.2. The molecule has 0 bridgehead atoms. The van der Waals surface area contributed by atoms with E-state index in [1.807, 2.05) is 28.8 Å². The number of carbonyl (C=O) groups excluding carboxylic acids is 2. The molecule has 3 N–H and O–H groups in total. The lowest BCUT2D eigenvalue weighted by atomic mass is 10.1. The van der Waals surface area contributed by atoms with Crippen LogP contribution in [-0.2, 0) is 4.74 Å².